The van der Waals surface area contributed by atoms with Crippen LogP contribution in [0.15, 0.2) is 24.5 Å². The maximum Gasteiger partial charge on any atom is 0.340 e. The van der Waals surface area contributed by atoms with E-state index >= 15 is 0 Å². The zero-order valence-corrected chi connectivity index (χ0v) is 23.5. The molecule has 0 aliphatic carbocycles. The van der Waals surface area contributed by atoms with E-state index < -0.39 is 29.4 Å². The maximum absolute atomic E-state index is 12.6. The fourth-order valence-corrected chi connectivity index (χ4v) is 2.30. The first kappa shape index (κ1) is 37.0. The third kappa shape index (κ3) is 19.5. The van der Waals surface area contributed by atoms with E-state index in [0.717, 1.165) is 5.92 Å². The molecule has 1 heterocycles. The summed E-state index contributed by atoms with van der Waals surface area (Å²) in [6.45, 7) is 18.6. The van der Waals surface area contributed by atoms with Gasteiger partial charge in [0.25, 0.3) is 5.91 Å². The second-order valence-electron chi connectivity index (χ2n) is 8.23. The van der Waals surface area contributed by atoms with Crippen molar-refractivity contribution in [2.45, 2.75) is 74.8 Å². The molecule has 9 heteroatoms. The summed E-state index contributed by atoms with van der Waals surface area (Å²) in [4.78, 5) is 40.3. The standard InChI is InChI=1S/C18H27N3O6.C4H10.2C2H6/c1-18(2,12-25-3)15(27-17(24)13-5-4-8-20-11-13)16(23)21-9-6-14(22)26-10-7-19;1-4(2)3;2*1-2/h4-5,8,11,15H,6-7,9-10,12,19H2,1-3H3,(H,21,23);4H,1-3H3;2*1-2H3/t15-;;;/m0.../s1. The lowest BCUT2D eigenvalue weighted by atomic mass is 9.86. The number of nitrogens with two attached hydrogens (primary N) is 1. The Bertz CT molecular complexity index is 664. The smallest absolute Gasteiger partial charge is 0.340 e. The number of hydrogen-bond acceptors (Lipinski definition) is 8. The molecule has 0 bridgehead atoms. The van der Waals surface area contributed by atoms with Gasteiger partial charge in [-0.2, -0.15) is 0 Å². The van der Waals surface area contributed by atoms with Crippen LogP contribution < -0.4 is 11.1 Å². The summed E-state index contributed by atoms with van der Waals surface area (Å²) in [6, 6.07) is 3.14. The number of pyridine rings is 1. The third-order valence-electron chi connectivity index (χ3n) is 3.60. The highest BCUT2D eigenvalue weighted by atomic mass is 16.6. The van der Waals surface area contributed by atoms with E-state index in [0.29, 0.717) is 0 Å². The first-order valence-corrected chi connectivity index (χ1v) is 12.3. The number of methoxy groups -OCH3 is 1. The number of nitrogens with one attached hydrogen (secondary N) is 1. The van der Waals surface area contributed by atoms with E-state index in [1.807, 2.05) is 27.7 Å². The van der Waals surface area contributed by atoms with Gasteiger partial charge in [0.05, 0.1) is 18.6 Å². The third-order valence-corrected chi connectivity index (χ3v) is 3.60. The van der Waals surface area contributed by atoms with E-state index in [4.69, 9.17) is 19.9 Å². The number of hydrogen-bond donors (Lipinski definition) is 2. The average molecular weight is 500 g/mol. The van der Waals surface area contributed by atoms with Crippen molar-refractivity contribution in [1.29, 1.82) is 0 Å². The lowest BCUT2D eigenvalue weighted by Gasteiger charge is -2.32. The molecule has 0 unspecified atom stereocenters. The Balaban J connectivity index is -0.00000113. The van der Waals surface area contributed by atoms with Gasteiger partial charge in [0.1, 0.15) is 6.61 Å². The molecule has 0 fully saturated rings. The molecule has 0 saturated carbocycles. The minimum atomic E-state index is -1.12. The molecule has 0 radical (unpaired) electrons. The van der Waals surface area contributed by atoms with Gasteiger partial charge in [0.15, 0.2) is 6.10 Å². The Morgan fingerprint density at radius 3 is 2.14 bits per heavy atom. The predicted octanol–water partition coefficient (Wildman–Crippen LogP) is 4.00. The van der Waals surface area contributed by atoms with Crippen LogP contribution in [0.5, 0.6) is 0 Å². The Morgan fingerprint density at radius 1 is 1.11 bits per heavy atom. The highest BCUT2D eigenvalue weighted by Crippen LogP contribution is 2.25. The van der Waals surface area contributed by atoms with Crippen LogP contribution in [0.4, 0.5) is 0 Å². The molecule has 1 amide bonds. The molecular weight excluding hydrogens is 450 g/mol. The van der Waals surface area contributed by atoms with E-state index in [9.17, 15) is 14.4 Å². The number of amides is 1. The average Bonchev–Trinajstić information content (AvgIpc) is 2.83. The van der Waals surface area contributed by atoms with Crippen LogP contribution in [0.1, 0.15) is 79.1 Å². The molecule has 1 atom stereocenters. The second kappa shape index (κ2) is 23.2. The molecule has 3 N–H and O–H groups in total. The summed E-state index contributed by atoms with van der Waals surface area (Å²) in [6.07, 6.45) is 1.75. The minimum absolute atomic E-state index is 0.0142. The molecular formula is C26H49N3O6. The quantitative estimate of drug-likeness (QED) is 0.437. The highest BCUT2D eigenvalue weighted by Gasteiger charge is 2.39. The largest absolute Gasteiger partial charge is 0.464 e. The summed E-state index contributed by atoms with van der Waals surface area (Å²) in [5.74, 6) is -0.837. The van der Waals surface area contributed by atoms with Crippen molar-refractivity contribution in [2.75, 3.05) is 33.4 Å². The molecule has 0 aliphatic heterocycles. The summed E-state index contributed by atoms with van der Waals surface area (Å²) in [7, 11) is 1.49. The molecule has 0 saturated heterocycles. The topological polar surface area (TPSA) is 130 Å². The zero-order chi connectivity index (χ0) is 27.9. The van der Waals surface area contributed by atoms with Crippen molar-refractivity contribution in [3.8, 4) is 0 Å². The molecule has 9 nitrogen and oxygen atoms in total. The molecule has 0 aliphatic rings. The summed E-state index contributed by atoms with van der Waals surface area (Å²) in [5.41, 5.74) is 4.69. The van der Waals surface area contributed by atoms with Gasteiger partial charge in [0, 0.05) is 38.0 Å². The van der Waals surface area contributed by atoms with Crippen LogP contribution in [-0.2, 0) is 23.8 Å². The van der Waals surface area contributed by atoms with E-state index in [1.165, 1.54) is 19.5 Å². The van der Waals surface area contributed by atoms with Crippen molar-refractivity contribution >= 4 is 17.8 Å². The molecule has 0 spiro atoms. The van der Waals surface area contributed by atoms with Crippen molar-refractivity contribution < 1.29 is 28.6 Å². The Labute approximate surface area is 212 Å². The lowest BCUT2D eigenvalue weighted by Crippen LogP contribution is -2.49. The summed E-state index contributed by atoms with van der Waals surface area (Å²) >= 11 is 0. The van der Waals surface area contributed by atoms with Crippen LogP contribution in [0.2, 0.25) is 0 Å². The van der Waals surface area contributed by atoms with Crippen LogP contribution >= 0.6 is 0 Å². The van der Waals surface area contributed by atoms with E-state index in [2.05, 4.69) is 31.1 Å². The highest BCUT2D eigenvalue weighted by molar-refractivity contribution is 5.92. The van der Waals surface area contributed by atoms with E-state index in [1.54, 1.807) is 26.0 Å². The first-order chi connectivity index (χ1) is 16.5. The molecule has 1 aromatic rings. The fraction of sp³-hybridized carbons (Fsp3) is 0.692. The van der Waals surface area contributed by atoms with Crippen LogP contribution in [0, 0.1) is 11.3 Å². The number of ether oxygens (including phenoxy) is 3. The maximum atomic E-state index is 12.6. The Hall–Kier alpha value is -2.52. The molecule has 1 aromatic heterocycles. The second-order valence-corrected chi connectivity index (χ2v) is 8.23. The Kier molecular flexibility index (Phi) is 24.6. The van der Waals surface area contributed by atoms with Crippen molar-refractivity contribution in [3.63, 3.8) is 0 Å². The number of nitrogens with zero attached hydrogens (tertiary/aromatic N) is 1. The summed E-state index contributed by atoms with van der Waals surface area (Å²) < 4.78 is 15.4. The van der Waals surface area contributed by atoms with E-state index in [-0.39, 0.29) is 38.3 Å². The number of esters is 2. The lowest BCUT2D eigenvalue weighted by molar-refractivity contribution is -0.143. The fourth-order valence-electron chi connectivity index (χ4n) is 2.30. The number of carbonyl (C=O) groups is 3. The first-order valence-electron chi connectivity index (χ1n) is 12.3. The predicted molar refractivity (Wildman–Crippen MR) is 140 cm³/mol. The summed E-state index contributed by atoms with van der Waals surface area (Å²) in [5, 5.41) is 2.59. The molecule has 1 rings (SSSR count). The molecule has 35 heavy (non-hydrogen) atoms. The van der Waals surface area contributed by atoms with Crippen LogP contribution in [0.25, 0.3) is 0 Å². The number of carbonyl (C=O) groups excluding carboxylic acids is 3. The van der Waals surface area contributed by atoms with Crippen LogP contribution in [-0.4, -0.2) is 62.3 Å². The Morgan fingerprint density at radius 2 is 1.69 bits per heavy atom. The van der Waals surface area contributed by atoms with Crippen molar-refractivity contribution in [1.82, 2.24) is 10.3 Å². The number of rotatable bonds is 11. The zero-order valence-electron chi connectivity index (χ0n) is 23.5. The van der Waals surface area contributed by atoms with Gasteiger partial charge in [-0.1, -0.05) is 62.3 Å². The van der Waals surface area contributed by atoms with Gasteiger partial charge >= 0.3 is 11.9 Å². The normalized spacial score (nSPS) is 10.7. The number of aromatic nitrogens is 1. The van der Waals surface area contributed by atoms with Gasteiger partial charge in [0.2, 0.25) is 0 Å². The SMILES string of the molecule is CC.CC.CC(C)C.COCC(C)(C)[C@@H](OC(=O)c1cccnc1)C(=O)NCCC(=O)OCCN. The van der Waals surface area contributed by atoms with Crippen LogP contribution in [0.3, 0.4) is 0 Å². The van der Waals surface area contributed by atoms with Crippen molar-refractivity contribution in [2.24, 2.45) is 17.1 Å². The molecule has 0 aromatic carbocycles. The monoisotopic (exact) mass is 499 g/mol. The molecule has 204 valence electrons. The van der Waals surface area contributed by atoms with Gasteiger partial charge < -0.3 is 25.3 Å². The van der Waals surface area contributed by atoms with Gasteiger partial charge in [-0.25, -0.2) is 4.79 Å². The van der Waals surface area contributed by atoms with Gasteiger partial charge in [-0.05, 0) is 18.1 Å². The van der Waals surface area contributed by atoms with Crippen molar-refractivity contribution in [3.05, 3.63) is 30.1 Å². The van der Waals surface area contributed by atoms with Gasteiger partial charge in [-0.3, -0.25) is 14.6 Å². The minimum Gasteiger partial charge on any atom is -0.464 e. The van der Waals surface area contributed by atoms with Gasteiger partial charge in [-0.15, -0.1) is 0 Å².